The molecule has 0 saturated heterocycles. The number of fused-ring (bicyclic) bond motifs is 9. The number of hydrogen-bond donors (Lipinski definition) is 0. The molecule has 0 bridgehead atoms. The number of benzene rings is 9. The molecule has 11 rings (SSSR count). The van der Waals surface area contributed by atoms with Gasteiger partial charge in [-0.2, -0.15) is 0 Å². The Morgan fingerprint density at radius 1 is 0.340 bits per heavy atom. The number of nitrogens with zero attached hydrogens (tertiary/aromatic N) is 1. The van der Waals surface area contributed by atoms with E-state index in [4.69, 9.17) is 8.83 Å². The Kier molecular flexibility index (Phi) is 6.55. The van der Waals surface area contributed by atoms with Crippen LogP contribution in [0.2, 0.25) is 0 Å². The predicted octanol–water partition coefficient (Wildman–Crippen LogP) is 14.6. The second-order valence-corrected chi connectivity index (χ2v) is 13.7. The lowest BCUT2D eigenvalue weighted by atomic mass is 9.97. The Hall–Kier alpha value is -7.10. The summed E-state index contributed by atoms with van der Waals surface area (Å²) in [4.78, 5) is 2.37. The van der Waals surface area contributed by atoms with Crippen molar-refractivity contribution in [3.8, 4) is 22.3 Å². The zero-order valence-corrected chi connectivity index (χ0v) is 28.7. The van der Waals surface area contributed by atoms with Gasteiger partial charge < -0.3 is 13.7 Å². The summed E-state index contributed by atoms with van der Waals surface area (Å²) in [6, 6.07) is 66.9. The lowest BCUT2D eigenvalue weighted by Crippen LogP contribution is -2.10. The first-order valence-corrected chi connectivity index (χ1v) is 18.0. The van der Waals surface area contributed by atoms with E-state index in [-0.39, 0.29) is 0 Å². The van der Waals surface area contributed by atoms with Gasteiger partial charge in [0.05, 0.1) is 11.1 Å². The first-order chi connectivity index (χ1) is 26.3. The lowest BCUT2D eigenvalue weighted by Gasteiger charge is -2.27. The molecule has 0 amide bonds. The summed E-state index contributed by atoms with van der Waals surface area (Å²) in [6.07, 6.45) is 0. The summed E-state index contributed by atoms with van der Waals surface area (Å²) in [5, 5.41) is 9.09. The third kappa shape index (κ3) is 4.75. The fourth-order valence-corrected chi connectivity index (χ4v) is 8.09. The van der Waals surface area contributed by atoms with Crippen molar-refractivity contribution in [1.82, 2.24) is 0 Å². The fraction of sp³-hybridized carbons (Fsp3) is 0. The molecule has 0 aliphatic carbocycles. The number of furan rings is 2. The van der Waals surface area contributed by atoms with Crippen molar-refractivity contribution in [3.05, 3.63) is 188 Å². The molecule has 0 aliphatic rings. The van der Waals surface area contributed by atoms with Gasteiger partial charge >= 0.3 is 0 Å². The van der Waals surface area contributed by atoms with E-state index in [0.29, 0.717) is 0 Å². The van der Waals surface area contributed by atoms with Crippen molar-refractivity contribution in [2.45, 2.75) is 0 Å². The number of para-hydroxylation sites is 2. The van der Waals surface area contributed by atoms with Crippen LogP contribution in [0, 0.1) is 0 Å². The van der Waals surface area contributed by atoms with Gasteiger partial charge in [0, 0.05) is 38.5 Å². The molecule has 0 aliphatic heterocycles. The molecule has 0 fully saturated rings. The summed E-state index contributed by atoms with van der Waals surface area (Å²) < 4.78 is 13.2. The third-order valence-corrected chi connectivity index (χ3v) is 10.6. The van der Waals surface area contributed by atoms with Crippen LogP contribution in [0.1, 0.15) is 0 Å². The topological polar surface area (TPSA) is 29.5 Å². The molecule has 53 heavy (non-hydrogen) atoms. The summed E-state index contributed by atoms with van der Waals surface area (Å²) in [5.74, 6) is 0. The van der Waals surface area contributed by atoms with Crippen molar-refractivity contribution in [2.75, 3.05) is 4.90 Å². The smallest absolute Gasteiger partial charge is 0.147 e. The predicted molar refractivity (Wildman–Crippen MR) is 222 cm³/mol. The maximum atomic E-state index is 6.68. The summed E-state index contributed by atoms with van der Waals surface area (Å²) in [5.41, 5.74) is 11.1. The summed E-state index contributed by atoms with van der Waals surface area (Å²) >= 11 is 0. The number of hydrogen-bond acceptors (Lipinski definition) is 3. The highest BCUT2D eigenvalue weighted by Crippen LogP contribution is 2.46. The Morgan fingerprint density at radius 2 is 0.981 bits per heavy atom. The van der Waals surface area contributed by atoms with Crippen LogP contribution in [0.3, 0.4) is 0 Å². The van der Waals surface area contributed by atoms with E-state index in [1.54, 1.807) is 0 Å². The quantitative estimate of drug-likeness (QED) is 0.182. The van der Waals surface area contributed by atoms with E-state index in [1.165, 1.54) is 32.7 Å². The van der Waals surface area contributed by atoms with Gasteiger partial charge in [-0.1, -0.05) is 133 Å². The molecule has 11 aromatic rings. The normalized spacial score (nSPS) is 11.8. The monoisotopic (exact) mass is 677 g/mol. The maximum Gasteiger partial charge on any atom is 0.147 e. The second kappa shape index (κ2) is 11.7. The molecule has 0 atom stereocenters. The van der Waals surface area contributed by atoms with Gasteiger partial charge in [0.2, 0.25) is 0 Å². The zero-order valence-electron chi connectivity index (χ0n) is 28.7. The van der Waals surface area contributed by atoms with Crippen LogP contribution in [-0.4, -0.2) is 0 Å². The number of rotatable bonds is 5. The molecule has 0 unspecified atom stereocenters. The van der Waals surface area contributed by atoms with Crippen molar-refractivity contribution in [2.24, 2.45) is 0 Å². The number of anilines is 3. The SMILES string of the molecule is c1cc(-c2cc3c4ccccc4oc3c3c2oc2ccccc23)cc(N(c2ccc(-c3ccc4ccccc4c3)cc2)c2cccc3ccccc23)c1. The zero-order chi connectivity index (χ0) is 34.9. The Morgan fingerprint density at radius 3 is 1.83 bits per heavy atom. The molecular formula is C50H31NO2. The highest BCUT2D eigenvalue weighted by molar-refractivity contribution is 6.25. The molecule has 0 spiro atoms. The summed E-state index contributed by atoms with van der Waals surface area (Å²) in [7, 11) is 0. The minimum absolute atomic E-state index is 0.825. The standard InChI is InChI=1S/C50H31NO2/c1-2-13-35-29-36(24-23-32(35)11-1)33-25-27-38(28-26-33)51(45-20-10-14-34-12-3-4-17-40(34)45)39-16-9-15-37(30-39)43-31-44-41-18-5-7-21-46(41)52-50(44)48-42-19-6-8-22-47(42)53-49(43)48/h1-31H. The van der Waals surface area contributed by atoms with Crippen LogP contribution in [0.4, 0.5) is 17.1 Å². The van der Waals surface area contributed by atoms with Gasteiger partial charge in [-0.3, -0.25) is 0 Å². The molecule has 0 saturated carbocycles. The highest BCUT2D eigenvalue weighted by atomic mass is 16.3. The van der Waals surface area contributed by atoms with E-state index in [2.05, 4.69) is 169 Å². The van der Waals surface area contributed by atoms with Crippen molar-refractivity contribution in [1.29, 1.82) is 0 Å². The van der Waals surface area contributed by atoms with Crippen molar-refractivity contribution in [3.63, 3.8) is 0 Å². The van der Waals surface area contributed by atoms with Gasteiger partial charge in [0.25, 0.3) is 0 Å². The highest BCUT2D eigenvalue weighted by Gasteiger charge is 2.22. The van der Waals surface area contributed by atoms with Crippen LogP contribution in [0.25, 0.3) is 87.7 Å². The molecule has 0 radical (unpaired) electrons. The third-order valence-electron chi connectivity index (χ3n) is 10.6. The van der Waals surface area contributed by atoms with E-state index < -0.39 is 0 Å². The lowest BCUT2D eigenvalue weighted by molar-refractivity contribution is 0.663. The minimum Gasteiger partial charge on any atom is -0.455 e. The average molecular weight is 678 g/mol. The second-order valence-electron chi connectivity index (χ2n) is 13.7. The molecule has 0 N–H and O–H groups in total. The first kappa shape index (κ1) is 29.6. The maximum absolute atomic E-state index is 6.68. The first-order valence-electron chi connectivity index (χ1n) is 18.0. The molecule has 2 aromatic heterocycles. The molecule has 3 nitrogen and oxygen atoms in total. The molecule has 3 heteroatoms. The van der Waals surface area contributed by atoms with Crippen LogP contribution >= 0.6 is 0 Å². The fourth-order valence-electron chi connectivity index (χ4n) is 8.09. The van der Waals surface area contributed by atoms with Crippen molar-refractivity contribution < 1.29 is 8.83 Å². The summed E-state index contributed by atoms with van der Waals surface area (Å²) in [6.45, 7) is 0. The largest absolute Gasteiger partial charge is 0.455 e. The van der Waals surface area contributed by atoms with E-state index >= 15 is 0 Å². The molecular weight excluding hydrogens is 647 g/mol. The average Bonchev–Trinajstić information content (AvgIpc) is 3.80. The van der Waals surface area contributed by atoms with Crippen LogP contribution in [0.5, 0.6) is 0 Å². The molecule has 9 aromatic carbocycles. The Bertz CT molecular complexity index is 3180. The molecule has 248 valence electrons. The Labute approximate surface area is 305 Å². The van der Waals surface area contributed by atoms with Gasteiger partial charge in [0.15, 0.2) is 0 Å². The van der Waals surface area contributed by atoms with Crippen LogP contribution in [0.15, 0.2) is 197 Å². The minimum atomic E-state index is 0.825. The van der Waals surface area contributed by atoms with Gasteiger partial charge in [-0.25, -0.2) is 0 Å². The van der Waals surface area contributed by atoms with Crippen LogP contribution in [-0.2, 0) is 0 Å². The Balaban J connectivity index is 1.11. The molecule has 2 heterocycles. The van der Waals surface area contributed by atoms with Gasteiger partial charge in [0.1, 0.15) is 22.3 Å². The van der Waals surface area contributed by atoms with Crippen LogP contribution < -0.4 is 4.90 Å². The van der Waals surface area contributed by atoms with Gasteiger partial charge in [-0.15, -0.1) is 0 Å². The van der Waals surface area contributed by atoms with E-state index in [1.807, 2.05) is 24.3 Å². The van der Waals surface area contributed by atoms with Gasteiger partial charge in [-0.05, 0) is 87.4 Å². The van der Waals surface area contributed by atoms with E-state index in [9.17, 15) is 0 Å². The van der Waals surface area contributed by atoms with Crippen molar-refractivity contribution >= 4 is 82.5 Å². The van der Waals surface area contributed by atoms with E-state index in [0.717, 1.165) is 72.1 Å².